The van der Waals surface area contributed by atoms with Gasteiger partial charge in [-0.2, -0.15) is 0 Å². The molecule has 2 aliphatic rings. The molecule has 0 bridgehead atoms. The minimum atomic E-state index is -0.266. The van der Waals surface area contributed by atoms with Crippen molar-refractivity contribution in [2.45, 2.75) is 25.8 Å². The van der Waals surface area contributed by atoms with Crippen molar-refractivity contribution in [3.63, 3.8) is 0 Å². The Morgan fingerprint density at radius 2 is 1.62 bits per heavy atom. The predicted octanol–water partition coefficient (Wildman–Crippen LogP) is 5.73. The Kier molecular flexibility index (Phi) is 7.47. The molecular formula is C30H31ClFN3O2. The Labute approximate surface area is 222 Å². The van der Waals surface area contributed by atoms with E-state index in [0.717, 1.165) is 17.5 Å². The van der Waals surface area contributed by atoms with Crippen LogP contribution in [0.2, 0.25) is 5.02 Å². The summed E-state index contributed by atoms with van der Waals surface area (Å²) in [5.41, 5.74) is 3.37. The lowest BCUT2D eigenvalue weighted by atomic mass is 9.87. The van der Waals surface area contributed by atoms with E-state index < -0.39 is 0 Å². The van der Waals surface area contributed by atoms with Gasteiger partial charge in [0.2, 0.25) is 5.91 Å². The van der Waals surface area contributed by atoms with Crippen LogP contribution in [-0.2, 0) is 4.79 Å². The van der Waals surface area contributed by atoms with Gasteiger partial charge in [-0.15, -0.1) is 0 Å². The third-order valence-electron chi connectivity index (χ3n) is 7.49. The summed E-state index contributed by atoms with van der Waals surface area (Å²) in [5.74, 6) is -0.528. The monoisotopic (exact) mass is 519 g/mol. The first-order valence-electron chi connectivity index (χ1n) is 12.8. The summed E-state index contributed by atoms with van der Waals surface area (Å²) < 4.78 is 14.2. The van der Waals surface area contributed by atoms with Gasteiger partial charge in [-0.25, -0.2) is 4.39 Å². The number of para-hydroxylation sites is 1. The van der Waals surface area contributed by atoms with Crippen LogP contribution in [0.4, 0.5) is 10.1 Å². The van der Waals surface area contributed by atoms with Crippen molar-refractivity contribution in [3.8, 4) is 0 Å². The second kappa shape index (κ2) is 10.9. The number of carbonyl (C=O) groups excluding carboxylic acids is 2. The number of piperidine rings is 1. The number of halogens is 2. The highest BCUT2D eigenvalue weighted by atomic mass is 35.5. The van der Waals surface area contributed by atoms with Gasteiger partial charge in [-0.3, -0.25) is 9.59 Å². The van der Waals surface area contributed by atoms with Crippen LogP contribution in [0.15, 0.2) is 72.8 Å². The van der Waals surface area contributed by atoms with E-state index in [-0.39, 0.29) is 29.6 Å². The molecule has 2 atom stereocenters. The molecule has 3 aromatic rings. The van der Waals surface area contributed by atoms with Crippen LogP contribution in [-0.4, -0.2) is 54.3 Å². The molecule has 3 aromatic carbocycles. The lowest BCUT2D eigenvalue weighted by Gasteiger charge is -2.42. The number of hydrogen-bond acceptors (Lipinski definition) is 3. The van der Waals surface area contributed by atoms with Crippen LogP contribution in [0.5, 0.6) is 0 Å². The van der Waals surface area contributed by atoms with Gasteiger partial charge < -0.3 is 14.7 Å². The van der Waals surface area contributed by atoms with Gasteiger partial charge >= 0.3 is 0 Å². The zero-order valence-electron chi connectivity index (χ0n) is 20.9. The van der Waals surface area contributed by atoms with Gasteiger partial charge in [-0.05, 0) is 61.7 Å². The Balaban J connectivity index is 1.32. The number of likely N-dealkylation sites (tertiary alicyclic amines) is 1. The first kappa shape index (κ1) is 25.3. The predicted molar refractivity (Wildman–Crippen MR) is 144 cm³/mol. The van der Waals surface area contributed by atoms with E-state index in [9.17, 15) is 14.0 Å². The van der Waals surface area contributed by atoms with Crippen LogP contribution in [0.3, 0.4) is 0 Å². The average molecular weight is 520 g/mol. The molecule has 5 nitrogen and oxygen atoms in total. The van der Waals surface area contributed by atoms with Crippen molar-refractivity contribution in [1.82, 2.24) is 9.80 Å². The van der Waals surface area contributed by atoms with Crippen molar-refractivity contribution in [3.05, 3.63) is 100 Å². The van der Waals surface area contributed by atoms with E-state index >= 15 is 0 Å². The van der Waals surface area contributed by atoms with Crippen LogP contribution in [0, 0.1) is 18.7 Å². The molecule has 0 aliphatic carbocycles. The Bertz CT molecular complexity index is 1270. The summed E-state index contributed by atoms with van der Waals surface area (Å²) >= 11 is 6.05. The molecule has 0 N–H and O–H groups in total. The number of rotatable bonds is 4. The second-order valence-electron chi connectivity index (χ2n) is 9.93. The van der Waals surface area contributed by atoms with E-state index in [1.54, 1.807) is 36.4 Å². The summed E-state index contributed by atoms with van der Waals surface area (Å²) in [4.78, 5) is 33.0. The molecule has 2 fully saturated rings. The van der Waals surface area contributed by atoms with Gasteiger partial charge in [0, 0.05) is 43.3 Å². The maximum Gasteiger partial charge on any atom is 0.254 e. The van der Waals surface area contributed by atoms with E-state index in [2.05, 4.69) is 12.1 Å². The Morgan fingerprint density at radius 1 is 0.892 bits per heavy atom. The molecule has 2 heterocycles. The van der Waals surface area contributed by atoms with Crippen LogP contribution < -0.4 is 4.90 Å². The van der Waals surface area contributed by atoms with Crippen LogP contribution in [0.1, 0.15) is 40.4 Å². The number of nitrogens with zero attached hydrogens (tertiary/aromatic N) is 3. The van der Waals surface area contributed by atoms with Gasteiger partial charge in [0.1, 0.15) is 5.82 Å². The topological polar surface area (TPSA) is 43.9 Å². The molecular weight excluding hydrogens is 489 g/mol. The highest BCUT2D eigenvalue weighted by Gasteiger charge is 2.38. The molecule has 2 amide bonds. The van der Waals surface area contributed by atoms with Gasteiger partial charge in [0.05, 0.1) is 17.6 Å². The average Bonchev–Trinajstić information content (AvgIpc) is 2.93. The molecule has 0 saturated carbocycles. The lowest BCUT2D eigenvalue weighted by molar-refractivity contribution is -0.137. The zero-order chi connectivity index (χ0) is 25.9. The molecule has 0 radical (unpaired) electrons. The summed E-state index contributed by atoms with van der Waals surface area (Å²) in [7, 11) is 0. The van der Waals surface area contributed by atoms with Crippen molar-refractivity contribution >= 4 is 29.1 Å². The third-order valence-corrected chi connectivity index (χ3v) is 7.75. The summed E-state index contributed by atoms with van der Waals surface area (Å²) in [6.45, 7) is 4.65. The van der Waals surface area contributed by atoms with Gasteiger partial charge in [0.15, 0.2) is 0 Å². The maximum atomic E-state index is 14.2. The highest BCUT2D eigenvalue weighted by molar-refractivity contribution is 6.30. The fourth-order valence-corrected chi connectivity index (χ4v) is 5.64. The van der Waals surface area contributed by atoms with E-state index in [1.165, 1.54) is 6.07 Å². The third kappa shape index (κ3) is 5.49. The number of anilines is 1. The molecule has 5 rings (SSSR count). The molecule has 2 saturated heterocycles. The SMILES string of the molecule is Cc1cccc(C2CCC(C(=O)N3CCN(c4ccccc4F)CC3)CN2C(=O)c2ccc(Cl)cc2)c1. The minimum Gasteiger partial charge on any atom is -0.366 e. The summed E-state index contributed by atoms with van der Waals surface area (Å²) in [6.07, 6.45) is 1.43. The Morgan fingerprint density at radius 3 is 2.32 bits per heavy atom. The molecule has 37 heavy (non-hydrogen) atoms. The molecule has 2 aliphatic heterocycles. The standard InChI is InChI=1S/C30H31ClFN3O2/c1-21-5-4-6-23(19-21)27-14-11-24(20-35(27)30(37)22-9-12-25(31)13-10-22)29(36)34-17-15-33(16-18-34)28-8-3-2-7-26(28)32/h2-10,12-13,19,24,27H,11,14-18,20H2,1H3. The van der Waals surface area contributed by atoms with Crippen molar-refractivity contribution < 1.29 is 14.0 Å². The molecule has 7 heteroatoms. The highest BCUT2D eigenvalue weighted by Crippen LogP contribution is 2.36. The van der Waals surface area contributed by atoms with Crippen molar-refractivity contribution in [2.24, 2.45) is 5.92 Å². The number of hydrogen-bond donors (Lipinski definition) is 0. The number of aryl methyl sites for hydroxylation is 1. The molecule has 192 valence electrons. The van der Waals surface area contributed by atoms with Gasteiger partial charge in [-0.1, -0.05) is 53.6 Å². The molecule has 0 aromatic heterocycles. The fourth-order valence-electron chi connectivity index (χ4n) is 5.51. The summed E-state index contributed by atoms with van der Waals surface area (Å²) in [5, 5.41) is 0.577. The van der Waals surface area contributed by atoms with Crippen molar-refractivity contribution in [1.29, 1.82) is 0 Å². The van der Waals surface area contributed by atoms with Crippen LogP contribution >= 0.6 is 11.6 Å². The first-order valence-corrected chi connectivity index (χ1v) is 13.2. The van der Waals surface area contributed by atoms with E-state index in [0.29, 0.717) is 55.4 Å². The minimum absolute atomic E-state index is 0.0739. The van der Waals surface area contributed by atoms with Crippen molar-refractivity contribution in [2.75, 3.05) is 37.6 Å². The normalized spacial score (nSPS) is 20.1. The largest absolute Gasteiger partial charge is 0.366 e. The smallest absolute Gasteiger partial charge is 0.254 e. The first-order chi connectivity index (χ1) is 17.9. The number of piperazine rings is 1. The maximum absolute atomic E-state index is 14.2. The van der Waals surface area contributed by atoms with E-state index in [4.69, 9.17) is 11.6 Å². The molecule has 2 unspecified atom stereocenters. The second-order valence-corrected chi connectivity index (χ2v) is 10.4. The lowest BCUT2D eigenvalue weighted by Crippen LogP contribution is -2.53. The van der Waals surface area contributed by atoms with Gasteiger partial charge in [0.25, 0.3) is 5.91 Å². The number of benzene rings is 3. The molecule has 0 spiro atoms. The van der Waals surface area contributed by atoms with Crippen LogP contribution in [0.25, 0.3) is 0 Å². The quantitative estimate of drug-likeness (QED) is 0.442. The number of carbonyl (C=O) groups is 2. The number of amides is 2. The summed E-state index contributed by atoms with van der Waals surface area (Å²) in [6, 6.07) is 21.8. The zero-order valence-corrected chi connectivity index (χ0v) is 21.7. The fraction of sp³-hybridized carbons (Fsp3) is 0.333. The Hall–Kier alpha value is -3.38. The van der Waals surface area contributed by atoms with E-state index in [1.807, 2.05) is 39.8 Å².